The molecule has 0 aliphatic carbocycles. The van der Waals surface area contributed by atoms with E-state index in [4.69, 9.17) is 14.5 Å². The van der Waals surface area contributed by atoms with Crippen molar-refractivity contribution in [2.45, 2.75) is 33.0 Å². The Labute approximate surface area is 184 Å². The Morgan fingerprint density at radius 3 is 2.65 bits per heavy atom. The third-order valence-electron chi connectivity index (χ3n) is 4.98. The van der Waals surface area contributed by atoms with Crippen molar-refractivity contribution in [1.29, 1.82) is 0 Å². The molecule has 1 atom stereocenters. The summed E-state index contributed by atoms with van der Waals surface area (Å²) in [4.78, 5) is 9.26. The number of aromatic nitrogens is 2. The predicted octanol–water partition coefficient (Wildman–Crippen LogP) is 3.76. The van der Waals surface area contributed by atoms with Crippen molar-refractivity contribution in [2.75, 3.05) is 20.8 Å². The van der Waals surface area contributed by atoms with Gasteiger partial charge in [0.15, 0.2) is 5.96 Å². The highest BCUT2D eigenvalue weighted by atomic mass is 16.5. The first-order valence-corrected chi connectivity index (χ1v) is 10.4. The SMILES string of the molecule is CCNC(=NCc1nccn1Cc1ccccc1)NC(C)c1cc(OC)ccc1OC. The summed E-state index contributed by atoms with van der Waals surface area (Å²) in [6.07, 6.45) is 3.81. The zero-order chi connectivity index (χ0) is 22.1. The number of methoxy groups -OCH3 is 2. The maximum Gasteiger partial charge on any atom is 0.192 e. The van der Waals surface area contributed by atoms with Gasteiger partial charge in [0.2, 0.25) is 0 Å². The minimum atomic E-state index is -0.0353. The first kappa shape index (κ1) is 22.2. The van der Waals surface area contributed by atoms with Crippen molar-refractivity contribution in [3.8, 4) is 11.5 Å². The Morgan fingerprint density at radius 2 is 1.94 bits per heavy atom. The Bertz CT molecular complexity index is 985. The first-order valence-electron chi connectivity index (χ1n) is 10.4. The molecule has 1 heterocycles. The van der Waals surface area contributed by atoms with E-state index in [1.54, 1.807) is 14.2 Å². The van der Waals surface area contributed by atoms with Crippen molar-refractivity contribution in [1.82, 2.24) is 20.2 Å². The van der Waals surface area contributed by atoms with Crippen molar-refractivity contribution < 1.29 is 9.47 Å². The van der Waals surface area contributed by atoms with Crippen LogP contribution in [-0.2, 0) is 13.1 Å². The summed E-state index contributed by atoms with van der Waals surface area (Å²) in [6, 6.07) is 16.1. The number of nitrogens with one attached hydrogen (secondary N) is 2. The van der Waals surface area contributed by atoms with Gasteiger partial charge in [-0.25, -0.2) is 9.98 Å². The van der Waals surface area contributed by atoms with Gasteiger partial charge in [0, 0.05) is 31.0 Å². The second-order valence-electron chi connectivity index (χ2n) is 7.13. The van der Waals surface area contributed by atoms with E-state index in [9.17, 15) is 0 Å². The average Bonchev–Trinajstić information content (AvgIpc) is 3.24. The number of benzene rings is 2. The van der Waals surface area contributed by atoms with Gasteiger partial charge in [0.25, 0.3) is 0 Å². The molecule has 2 N–H and O–H groups in total. The van der Waals surface area contributed by atoms with E-state index < -0.39 is 0 Å². The molecule has 0 saturated heterocycles. The number of nitrogens with zero attached hydrogens (tertiary/aromatic N) is 3. The van der Waals surface area contributed by atoms with Gasteiger partial charge >= 0.3 is 0 Å². The summed E-state index contributed by atoms with van der Waals surface area (Å²) in [7, 11) is 3.33. The fraction of sp³-hybridized carbons (Fsp3) is 0.333. The summed E-state index contributed by atoms with van der Waals surface area (Å²) >= 11 is 0. The summed E-state index contributed by atoms with van der Waals surface area (Å²) in [5.74, 6) is 3.21. The molecule has 3 rings (SSSR count). The highest BCUT2D eigenvalue weighted by Crippen LogP contribution is 2.29. The molecule has 164 valence electrons. The average molecular weight is 422 g/mol. The van der Waals surface area contributed by atoms with Crippen LogP contribution in [-0.4, -0.2) is 36.3 Å². The van der Waals surface area contributed by atoms with Gasteiger partial charge in [-0.1, -0.05) is 30.3 Å². The molecular weight excluding hydrogens is 390 g/mol. The molecule has 3 aromatic rings. The monoisotopic (exact) mass is 421 g/mol. The topological polar surface area (TPSA) is 72.7 Å². The zero-order valence-corrected chi connectivity index (χ0v) is 18.6. The van der Waals surface area contributed by atoms with E-state index >= 15 is 0 Å². The largest absolute Gasteiger partial charge is 0.497 e. The van der Waals surface area contributed by atoms with Crippen LogP contribution in [0, 0.1) is 0 Å². The zero-order valence-electron chi connectivity index (χ0n) is 18.6. The molecule has 7 nitrogen and oxygen atoms in total. The fourth-order valence-corrected chi connectivity index (χ4v) is 3.35. The summed E-state index contributed by atoms with van der Waals surface area (Å²) in [5.41, 5.74) is 2.23. The van der Waals surface area contributed by atoms with Crippen LogP contribution in [0.5, 0.6) is 11.5 Å². The van der Waals surface area contributed by atoms with Crippen LogP contribution in [0.4, 0.5) is 0 Å². The molecule has 0 radical (unpaired) electrons. The van der Waals surface area contributed by atoms with Crippen LogP contribution in [0.15, 0.2) is 65.9 Å². The van der Waals surface area contributed by atoms with Gasteiger partial charge in [-0.2, -0.15) is 0 Å². The third kappa shape index (κ3) is 6.01. The van der Waals surface area contributed by atoms with Crippen molar-refractivity contribution >= 4 is 5.96 Å². The number of guanidine groups is 1. The van der Waals surface area contributed by atoms with E-state index in [2.05, 4.69) is 39.2 Å². The number of hydrogen-bond acceptors (Lipinski definition) is 4. The van der Waals surface area contributed by atoms with Crippen LogP contribution in [0.3, 0.4) is 0 Å². The number of imidazole rings is 1. The van der Waals surface area contributed by atoms with E-state index in [1.807, 2.05) is 55.7 Å². The highest BCUT2D eigenvalue weighted by Gasteiger charge is 2.14. The van der Waals surface area contributed by atoms with E-state index in [0.717, 1.165) is 36.0 Å². The quantitative estimate of drug-likeness (QED) is 0.407. The maximum atomic E-state index is 5.53. The minimum absolute atomic E-state index is 0.0353. The second-order valence-corrected chi connectivity index (χ2v) is 7.13. The van der Waals surface area contributed by atoms with Crippen LogP contribution in [0.25, 0.3) is 0 Å². The van der Waals surface area contributed by atoms with E-state index in [1.165, 1.54) is 5.56 Å². The summed E-state index contributed by atoms with van der Waals surface area (Å²) < 4.78 is 13.0. The predicted molar refractivity (Wildman–Crippen MR) is 124 cm³/mol. The molecule has 1 aromatic heterocycles. The summed E-state index contributed by atoms with van der Waals surface area (Å²) in [6.45, 7) is 6.11. The number of aliphatic imine (C=N–C) groups is 1. The molecule has 7 heteroatoms. The maximum absolute atomic E-state index is 5.53. The van der Waals surface area contributed by atoms with Crippen molar-refractivity contribution in [2.24, 2.45) is 4.99 Å². The first-order chi connectivity index (χ1) is 15.1. The number of rotatable bonds is 9. The molecule has 0 aliphatic heterocycles. The van der Waals surface area contributed by atoms with Gasteiger partial charge in [-0.05, 0) is 37.6 Å². The van der Waals surface area contributed by atoms with Gasteiger partial charge in [-0.15, -0.1) is 0 Å². The molecule has 0 aliphatic rings. The standard InChI is InChI=1S/C24H31N5O2/c1-5-25-24(28-18(2)21-15-20(30-3)11-12-22(21)31-4)27-16-23-26-13-14-29(23)17-19-9-7-6-8-10-19/h6-15,18H,5,16-17H2,1-4H3,(H2,25,27,28). The Hall–Kier alpha value is -3.48. The molecule has 0 bridgehead atoms. The fourth-order valence-electron chi connectivity index (χ4n) is 3.35. The lowest BCUT2D eigenvalue weighted by Gasteiger charge is -2.21. The van der Waals surface area contributed by atoms with E-state index in [-0.39, 0.29) is 6.04 Å². The van der Waals surface area contributed by atoms with Crippen LogP contribution < -0.4 is 20.1 Å². The lowest BCUT2D eigenvalue weighted by Crippen LogP contribution is -2.38. The van der Waals surface area contributed by atoms with Crippen LogP contribution >= 0.6 is 0 Å². The highest BCUT2D eigenvalue weighted by molar-refractivity contribution is 5.80. The third-order valence-corrected chi connectivity index (χ3v) is 4.98. The Kier molecular flexibility index (Phi) is 7.92. The molecule has 0 fully saturated rings. The molecule has 2 aromatic carbocycles. The van der Waals surface area contributed by atoms with Crippen molar-refractivity contribution in [3.05, 3.63) is 77.9 Å². The van der Waals surface area contributed by atoms with Gasteiger partial charge in [-0.3, -0.25) is 0 Å². The molecule has 1 unspecified atom stereocenters. The van der Waals surface area contributed by atoms with E-state index in [0.29, 0.717) is 12.5 Å². The number of ether oxygens (including phenoxy) is 2. The molecular formula is C24H31N5O2. The van der Waals surface area contributed by atoms with Crippen LogP contribution in [0.2, 0.25) is 0 Å². The Morgan fingerprint density at radius 1 is 1.13 bits per heavy atom. The lowest BCUT2D eigenvalue weighted by molar-refractivity contribution is 0.394. The second kappa shape index (κ2) is 11.1. The smallest absolute Gasteiger partial charge is 0.192 e. The van der Waals surface area contributed by atoms with Gasteiger partial charge in [0.1, 0.15) is 23.9 Å². The van der Waals surface area contributed by atoms with Gasteiger partial charge in [0.05, 0.1) is 20.3 Å². The lowest BCUT2D eigenvalue weighted by atomic mass is 10.1. The summed E-state index contributed by atoms with van der Waals surface area (Å²) in [5, 5.41) is 6.77. The molecule has 0 spiro atoms. The molecule has 0 amide bonds. The minimum Gasteiger partial charge on any atom is -0.497 e. The van der Waals surface area contributed by atoms with Crippen LogP contribution in [0.1, 0.15) is 36.8 Å². The van der Waals surface area contributed by atoms with Gasteiger partial charge < -0.3 is 24.7 Å². The molecule has 31 heavy (non-hydrogen) atoms. The van der Waals surface area contributed by atoms with Crippen molar-refractivity contribution in [3.63, 3.8) is 0 Å². The normalized spacial score (nSPS) is 12.3. The number of hydrogen-bond donors (Lipinski definition) is 2. The Balaban J connectivity index is 1.74. The molecule has 0 saturated carbocycles.